The first-order valence-electron chi connectivity index (χ1n) is 8.70. The maximum atomic E-state index is 12.4. The normalized spacial score (nSPS) is 15.6. The van der Waals surface area contributed by atoms with Crippen LogP contribution in [-0.2, 0) is 9.59 Å². The summed E-state index contributed by atoms with van der Waals surface area (Å²) in [4.78, 5) is 31.8. The van der Waals surface area contributed by atoms with Crippen LogP contribution in [0.1, 0.15) is 29.2 Å². The summed E-state index contributed by atoms with van der Waals surface area (Å²) in [6.45, 7) is 1.68. The summed E-state index contributed by atoms with van der Waals surface area (Å²) in [5.74, 6) is 0.570. The topological polar surface area (TPSA) is 125 Å². The molecule has 142 valence electrons. The molecular weight excluding hydrogens is 360 g/mol. The van der Waals surface area contributed by atoms with Gasteiger partial charge in [-0.3, -0.25) is 9.59 Å². The Bertz CT molecular complexity index is 1050. The number of nitrogens with zero attached hydrogens (tertiary/aromatic N) is 4. The highest BCUT2D eigenvalue weighted by molar-refractivity contribution is 5.95. The van der Waals surface area contributed by atoms with E-state index in [1.165, 1.54) is 0 Å². The molecule has 3 aromatic rings. The van der Waals surface area contributed by atoms with Crippen molar-refractivity contribution in [2.75, 3.05) is 11.9 Å². The van der Waals surface area contributed by atoms with Crippen LogP contribution in [0.5, 0.6) is 5.75 Å². The average molecular weight is 378 g/mol. The smallest absolute Gasteiger partial charge is 0.255 e. The number of ether oxygens (including phenoxy) is 1. The number of rotatable bonds is 5. The van der Waals surface area contributed by atoms with Crippen LogP contribution in [-0.4, -0.2) is 38.2 Å². The maximum Gasteiger partial charge on any atom is 0.255 e. The third kappa shape index (κ3) is 3.29. The molecule has 0 aliphatic carbocycles. The fourth-order valence-electron chi connectivity index (χ4n) is 3.35. The predicted octanol–water partition coefficient (Wildman–Crippen LogP) is 1.31. The number of carbonyl (C=O) groups excluding carboxylic acids is 2. The first-order chi connectivity index (χ1) is 13.5. The summed E-state index contributed by atoms with van der Waals surface area (Å²) >= 11 is 0. The Morgan fingerprint density at radius 1 is 1.32 bits per heavy atom. The van der Waals surface area contributed by atoms with E-state index in [2.05, 4.69) is 20.4 Å². The molecule has 3 N–H and O–H groups in total. The minimum atomic E-state index is -0.551. The number of fused-ring (bicyclic) bond motifs is 1. The molecule has 3 heterocycles. The number of primary amides is 1. The van der Waals surface area contributed by atoms with Crippen molar-refractivity contribution < 1.29 is 14.3 Å². The number of carbonyl (C=O) groups is 2. The largest absolute Gasteiger partial charge is 0.484 e. The van der Waals surface area contributed by atoms with Gasteiger partial charge >= 0.3 is 0 Å². The molecule has 0 unspecified atom stereocenters. The first-order valence-corrected chi connectivity index (χ1v) is 8.70. The molecule has 2 amide bonds. The van der Waals surface area contributed by atoms with E-state index in [9.17, 15) is 9.59 Å². The summed E-state index contributed by atoms with van der Waals surface area (Å²) in [5, 5.41) is 7.43. The highest BCUT2D eigenvalue weighted by Crippen LogP contribution is 2.40. The van der Waals surface area contributed by atoms with E-state index in [1.807, 2.05) is 25.1 Å². The third-order valence-electron chi connectivity index (χ3n) is 4.49. The second-order valence-corrected chi connectivity index (χ2v) is 6.44. The quantitative estimate of drug-likeness (QED) is 0.689. The van der Waals surface area contributed by atoms with Crippen molar-refractivity contribution in [3.63, 3.8) is 0 Å². The maximum absolute atomic E-state index is 12.4. The van der Waals surface area contributed by atoms with Gasteiger partial charge in [0.1, 0.15) is 11.6 Å². The van der Waals surface area contributed by atoms with Crippen molar-refractivity contribution in [2.45, 2.75) is 19.3 Å². The Morgan fingerprint density at radius 2 is 2.11 bits per heavy atom. The van der Waals surface area contributed by atoms with Gasteiger partial charge in [-0.25, -0.2) is 9.97 Å². The summed E-state index contributed by atoms with van der Waals surface area (Å²) < 4.78 is 6.95. The van der Waals surface area contributed by atoms with E-state index in [0.717, 1.165) is 16.8 Å². The lowest BCUT2D eigenvalue weighted by molar-refractivity contribution is -0.120. The molecule has 4 rings (SSSR count). The van der Waals surface area contributed by atoms with Crippen LogP contribution in [0.4, 0.5) is 5.82 Å². The first kappa shape index (κ1) is 17.7. The fourth-order valence-corrected chi connectivity index (χ4v) is 3.35. The molecule has 1 aromatic carbocycles. The molecule has 9 heteroatoms. The van der Waals surface area contributed by atoms with E-state index in [0.29, 0.717) is 17.5 Å². The highest BCUT2D eigenvalue weighted by Gasteiger charge is 2.33. The van der Waals surface area contributed by atoms with Gasteiger partial charge in [0.25, 0.3) is 11.9 Å². The molecule has 0 bridgehead atoms. The monoisotopic (exact) mass is 378 g/mol. The summed E-state index contributed by atoms with van der Waals surface area (Å²) in [5.41, 5.74) is 7.70. The standard InChI is InChI=1S/C19H18N6O3/c1-11-17-14(12-4-2-5-13(8-12)28-10-15(20)26)9-16(27)23-18(17)25(24-11)19-21-6-3-7-22-19/h2-8,14H,9-10H2,1H3,(H2,20,26)(H,23,27)/t14-/m1/s1. The zero-order valence-corrected chi connectivity index (χ0v) is 15.1. The molecule has 9 nitrogen and oxygen atoms in total. The molecule has 1 atom stereocenters. The van der Waals surface area contributed by atoms with Crippen LogP contribution in [0.3, 0.4) is 0 Å². The van der Waals surface area contributed by atoms with Crippen molar-refractivity contribution in [2.24, 2.45) is 5.73 Å². The summed E-state index contributed by atoms with van der Waals surface area (Å²) in [6, 6.07) is 9.00. The number of nitrogens with two attached hydrogens (primary N) is 1. The van der Waals surface area contributed by atoms with Crippen molar-refractivity contribution in [3.05, 3.63) is 59.5 Å². The molecule has 0 spiro atoms. The molecule has 1 aliphatic heterocycles. The molecule has 0 saturated carbocycles. The SMILES string of the molecule is Cc1nn(-c2ncccn2)c2c1[C@@H](c1cccc(OCC(N)=O)c1)CC(=O)N2. The van der Waals surface area contributed by atoms with Crippen molar-refractivity contribution in [1.82, 2.24) is 19.7 Å². The number of hydrogen-bond donors (Lipinski definition) is 2. The molecular formula is C19H18N6O3. The molecule has 0 fully saturated rings. The van der Waals surface area contributed by atoms with E-state index < -0.39 is 5.91 Å². The van der Waals surface area contributed by atoms with Gasteiger partial charge in [0, 0.05) is 30.3 Å². The van der Waals surface area contributed by atoms with E-state index in [4.69, 9.17) is 10.5 Å². The average Bonchev–Trinajstić information content (AvgIpc) is 3.03. The van der Waals surface area contributed by atoms with E-state index in [-0.39, 0.29) is 24.9 Å². The number of aryl methyl sites for hydroxylation is 1. The Balaban J connectivity index is 1.76. The van der Waals surface area contributed by atoms with Gasteiger partial charge in [-0.2, -0.15) is 9.78 Å². The zero-order chi connectivity index (χ0) is 19.7. The lowest BCUT2D eigenvalue weighted by Gasteiger charge is -2.24. The van der Waals surface area contributed by atoms with Crippen LogP contribution in [0, 0.1) is 6.92 Å². The number of aromatic nitrogens is 4. The van der Waals surface area contributed by atoms with Crippen LogP contribution in [0.2, 0.25) is 0 Å². The van der Waals surface area contributed by atoms with Crippen LogP contribution in [0.15, 0.2) is 42.7 Å². The van der Waals surface area contributed by atoms with E-state index >= 15 is 0 Å². The molecule has 0 saturated heterocycles. The van der Waals surface area contributed by atoms with Crippen molar-refractivity contribution in [1.29, 1.82) is 0 Å². The zero-order valence-electron chi connectivity index (χ0n) is 15.1. The number of nitrogens with one attached hydrogen (secondary N) is 1. The molecule has 0 radical (unpaired) electrons. The minimum absolute atomic E-state index is 0.127. The fraction of sp³-hybridized carbons (Fsp3) is 0.211. The van der Waals surface area contributed by atoms with Gasteiger partial charge in [0.05, 0.1) is 5.69 Å². The summed E-state index contributed by atoms with van der Waals surface area (Å²) in [6.07, 6.45) is 3.51. The second-order valence-electron chi connectivity index (χ2n) is 6.44. The predicted molar refractivity (Wildman–Crippen MR) is 100 cm³/mol. The lowest BCUT2D eigenvalue weighted by atomic mass is 9.86. The Morgan fingerprint density at radius 3 is 2.86 bits per heavy atom. The molecule has 2 aromatic heterocycles. The van der Waals surface area contributed by atoms with Gasteiger partial charge in [-0.15, -0.1) is 0 Å². The molecule has 28 heavy (non-hydrogen) atoms. The minimum Gasteiger partial charge on any atom is -0.484 e. The number of hydrogen-bond acceptors (Lipinski definition) is 6. The van der Waals surface area contributed by atoms with Gasteiger partial charge < -0.3 is 15.8 Å². The van der Waals surface area contributed by atoms with Crippen LogP contribution >= 0.6 is 0 Å². The lowest BCUT2D eigenvalue weighted by Crippen LogP contribution is -2.25. The second kappa shape index (κ2) is 7.10. The Kier molecular flexibility index (Phi) is 4.48. The number of amides is 2. The van der Waals surface area contributed by atoms with Crippen LogP contribution in [0.25, 0.3) is 5.95 Å². The van der Waals surface area contributed by atoms with Gasteiger partial charge in [-0.05, 0) is 30.7 Å². The van der Waals surface area contributed by atoms with Crippen molar-refractivity contribution >= 4 is 17.6 Å². The van der Waals surface area contributed by atoms with Gasteiger partial charge in [0.2, 0.25) is 5.91 Å². The van der Waals surface area contributed by atoms with Gasteiger partial charge in [0.15, 0.2) is 6.61 Å². The molecule has 1 aliphatic rings. The number of benzene rings is 1. The van der Waals surface area contributed by atoms with Crippen molar-refractivity contribution in [3.8, 4) is 11.7 Å². The summed E-state index contributed by atoms with van der Waals surface area (Å²) in [7, 11) is 0. The third-order valence-corrected chi connectivity index (χ3v) is 4.49. The number of anilines is 1. The Labute approximate surface area is 160 Å². The highest BCUT2D eigenvalue weighted by atomic mass is 16.5. The van der Waals surface area contributed by atoms with Crippen LogP contribution < -0.4 is 15.8 Å². The van der Waals surface area contributed by atoms with Gasteiger partial charge in [-0.1, -0.05) is 12.1 Å². The van der Waals surface area contributed by atoms with E-state index in [1.54, 1.807) is 29.2 Å². The Hall–Kier alpha value is -3.75.